The van der Waals surface area contributed by atoms with Gasteiger partial charge in [0.25, 0.3) is 5.91 Å². The van der Waals surface area contributed by atoms with E-state index in [0.717, 1.165) is 16.4 Å². The fourth-order valence-corrected chi connectivity index (χ4v) is 3.81. The van der Waals surface area contributed by atoms with Crippen LogP contribution in [0, 0.1) is 0 Å². The second-order valence-electron chi connectivity index (χ2n) is 7.08. The highest BCUT2D eigenvalue weighted by atomic mass is 16.5. The molecule has 0 saturated heterocycles. The number of carbonyl (C=O) groups is 1. The Morgan fingerprint density at radius 3 is 2.71 bits per heavy atom. The lowest BCUT2D eigenvalue weighted by molar-refractivity contribution is 0.101. The van der Waals surface area contributed by atoms with Crippen molar-refractivity contribution in [2.75, 3.05) is 19.0 Å². The van der Waals surface area contributed by atoms with Crippen LogP contribution in [0.4, 0.5) is 5.69 Å². The van der Waals surface area contributed by atoms with Gasteiger partial charge in [-0.15, -0.1) is 0 Å². The zero-order valence-corrected chi connectivity index (χ0v) is 16.3. The van der Waals surface area contributed by atoms with Crippen molar-refractivity contribution in [2.24, 2.45) is 0 Å². The summed E-state index contributed by atoms with van der Waals surface area (Å²) in [5, 5.41) is 4.09. The zero-order chi connectivity index (χ0) is 19.7. The monoisotopic (exact) mass is 376 g/mol. The molecule has 6 heteroatoms. The van der Waals surface area contributed by atoms with Gasteiger partial charge in [0.05, 0.1) is 35.0 Å². The Kier molecular flexibility index (Phi) is 4.88. The number of para-hydroxylation sites is 1. The Morgan fingerprint density at radius 1 is 1.18 bits per heavy atom. The minimum Gasteiger partial charge on any atom is -0.383 e. The van der Waals surface area contributed by atoms with Gasteiger partial charge >= 0.3 is 0 Å². The number of anilines is 1. The molecule has 0 atom stereocenters. The fraction of sp³-hybridized carbons (Fsp3) is 0.273. The van der Waals surface area contributed by atoms with E-state index in [0.29, 0.717) is 24.5 Å². The van der Waals surface area contributed by atoms with E-state index in [-0.39, 0.29) is 11.9 Å². The predicted molar refractivity (Wildman–Crippen MR) is 112 cm³/mol. The van der Waals surface area contributed by atoms with Gasteiger partial charge in [-0.2, -0.15) is 0 Å². The Labute approximate surface area is 163 Å². The molecule has 0 spiro atoms. The second-order valence-corrected chi connectivity index (χ2v) is 7.08. The summed E-state index contributed by atoms with van der Waals surface area (Å²) in [7, 11) is 1.67. The first-order valence-corrected chi connectivity index (χ1v) is 9.44. The molecule has 0 fully saturated rings. The first-order chi connectivity index (χ1) is 13.6. The van der Waals surface area contributed by atoms with Gasteiger partial charge in [0.1, 0.15) is 5.69 Å². The number of pyridine rings is 1. The minimum absolute atomic E-state index is 0.153. The molecule has 0 saturated carbocycles. The highest BCUT2D eigenvalue weighted by Crippen LogP contribution is 2.34. The van der Waals surface area contributed by atoms with Gasteiger partial charge in [-0.05, 0) is 38.1 Å². The van der Waals surface area contributed by atoms with Crippen LogP contribution in [-0.4, -0.2) is 33.7 Å². The number of rotatable bonds is 6. The number of fused-ring (bicyclic) bond motifs is 3. The lowest BCUT2D eigenvalue weighted by atomic mass is 10.2. The predicted octanol–water partition coefficient (Wildman–Crippen LogP) is 4.47. The van der Waals surface area contributed by atoms with Crippen molar-refractivity contribution in [3.63, 3.8) is 0 Å². The molecule has 0 aliphatic carbocycles. The van der Waals surface area contributed by atoms with Gasteiger partial charge in [-0.3, -0.25) is 9.78 Å². The van der Waals surface area contributed by atoms with Crippen molar-refractivity contribution >= 4 is 33.5 Å². The third-order valence-corrected chi connectivity index (χ3v) is 4.94. The van der Waals surface area contributed by atoms with E-state index in [9.17, 15) is 4.79 Å². The first-order valence-electron chi connectivity index (χ1n) is 9.44. The number of carbonyl (C=O) groups excluding carboxylic acids is 1. The molecular weight excluding hydrogens is 352 g/mol. The maximum absolute atomic E-state index is 13.1. The van der Waals surface area contributed by atoms with E-state index < -0.39 is 0 Å². The maximum atomic E-state index is 13.1. The third kappa shape index (κ3) is 3.05. The molecule has 0 radical (unpaired) electrons. The summed E-state index contributed by atoms with van der Waals surface area (Å²) in [4.78, 5) is 17.1. The molecule has 28 heavy (non-hydrogen) atoms. The van der Waals surface area contributed by atoms with Gasteiger partial charge in [0.2, 0.25) is 0 Å². The number of amides is 1. The van der Waals surface area contributed by atoms with Crippen LogP contribution in [0.2, 0.25) is 0 Å². The van der Waals surface area contributed by atoms with Crippen LogP contribution < -0.4 is 5.32 Å². The van der Waals surface area contributed by atoms with Gasteiger partial charge in [0.15, 0.2) is 0 Å². The number of nitrogens with one attached hydrogen (secondary N) is 1. The summed E-state index contributed by atoms with van der Waals surface area (Å²) < 4.78 is 9.66. The SMILES string of the molecule is COCCn1c(C(=O)Nc2cccnc2)cc2c1c1ccccc1n2C(C)C. The molecule has 3 heterocycles. The molecule has 1 aromatic carbocycles. The van der Waals surface area contributed by atoms with E-state index >= 15 is 0 Å². The molecule has 4 aromatic rings. The Hall–Kier alpha value is -3.12. The molecule has 144 valence electrons. The van der Waals surface area contributed by atoms with E-state index in [1.165, 1.54) is 5.52 Å². The number of nitrogens with zero attached hydrogens (tertiary/aromatic N) is 3. The quantitative estimate of drug-likeness (QED) is 0.540. The highest BCUT2D eigenvalue weighted by Gasteiger charge is 2.22. The molecule has 1 amide bonds. The average molecular weight is 376 g/mol. The van der Waals surface area contributed by atoms with Crippen molar-refractivity contribution in [3.8, 4) is 0 Å². The molecule has 1 N–H and O–H groups in total. The number of methoxy groups -OCH3 is 1. The molecule has 0 unspecified atom stereocenters. The number of aromatic nitrogens is 3. The molecule has 0 aliphatic rings. The van der Waals surface area contributed by atoms with Crippen LogP contribution in [0.1, 0.15) is 30.4 Å². The lowest BCUT2D eigenvalue weighted by Crippen LogP contribution is -2.18. The van der Waals surface area contributed by atoms with Crippen LogP contribution in [0.3, 0.4) is 0 Å². The second kappa shape index (κ2) is 7.48. The number of benzene rings is 1. The Balaban J connectivity index is 1.91. The number of hydrogen-bond acceptors (Lipinski definition) is 3. The number of ether oxygens (including phenoxy) is 1. The number of hydrogen-bond donors (Lipinski definition) is 1. The molecule has 0 aliphatic heterocycles. The van der Waals surface area contributed by atoms with Gasteiger partial charge < -0.3 is 19.2 Å². The van der Waals surface area contributed by atoms with Crippen LogP contribution in [-0.2, 0) is 11.3 Å². The maximum Gasteiger partial charge on any atom is 0.272 e. The Morgan fingerprint density at radius 2 is 2.00 bits per heavy atom. The van der Waals surface area contributed by atoms with Gasteiger partial charge in [0, 0.05) is 31.3 Å². The molecular formula is C22H24N4O2. The lowest BCUT2D eigenvalue weighted by Gasteiger charge is -2.11. The fourth-order valence-electron chi connectivity index (χ4n) is 3.81. The van der Waals surface area contributed by atoms with Crippen molar-refractivity contribution in [1.82, 2.24) is 14.1 Å². The van der Waals surface area contributed by atoms with E-state index in [4.69, 9.17) is 4.74 Å². The molecule has 4 rings (SSSR count). The van der Waals surface area contributed by atoms with Crippen LogP contribution in [0.5, 0.6) is 0 Å². The first kappa shape index (κ1) is 18.3. The molecule has 3 aromatic heterocycles. The third-order valence-electron chi connectivity index (χ3n) is 4.94. The summed E-state index contributed by atoms with van der Waals surface area (Å²) in [6, 6.07) is 14.2. The topological polar surface area (TPSA) is 61.1 Å². The van der Waals surface area contributed by atoms with Crippen molar-refractivity contribution in [3.05, 3.63) is 60.6 Å². The van der Waals surface area contributed by atoms with Crippen molar-refractivity contribution in [2.45, 2.75) is 26.4 Å². The summed E-state index contributed by atoms with van der Waals surface area (Å²) in [5.41, 5.74) is 4.59. The van der Waals surface area contributed by atoms with Crippen molar-refractivity contribution < 1.29 is 9.53 Å². The van der Waals surface area contributed by atoms with Crippen LogP contribution in [0.15, 0.2) is 54.9 Å². The van der Waals surface area contributed by atoms with Gasteiger partial charge in [-0.1, -0.05) is 18.2 Å². The summed E-state index contributed by atoms with van der Waals surface area (Å²) in [5.74, 6) is -0.153. The van der Waals surface area contributed by atoms with E-state index in [1.54, 1.807) is 25.6 Å². The minimum atomic E-state index is -0.153. The smallest absolute Gasteiger partial charge is 0.272 e. The van der Waals surface area contributed by atoms with Gasteiger partial charge in [-0.25, -0.2) is 0 Å². The standard InChI is InChI=1S/C22H24N4O2/c1-15(2)26-18-9-5-4-8-17(18)21-19(26)13-20(25(21)11-12-28-3)22(27)24-16-7-6-10-23-14-16/h4-10,13-15H,11-12H2,1-3H3,(H,24,27). The molecule has 6 nitrogen and oxygen atoms in total. The largest absolute Gasteiger partial charge is 0.383 e. The van der Waals surface area contributed by atoms with Crippen molar-refractivity contribution in [1.29, 1.82) is 0 Å². The van der Waals surface area contributed by atoms with Crippen LogP contribution >= 0.6 is 0 Å². The zero-order valence-electron chi connectivity index (χ0n) is 16.3. The summed E-state index contributed by atoms with van der Waals surface area (Å²) in [6.07, 6.45) is 3.33. The van der Waals surface area contributed by atoms with Crippen LogP contribution in [0.25, 0.3) is 21.9 Å². The van der Waals surface area contributed by atoms with E-state index in [1.807, 2.05) is 18.2 Å². The average Bonchev–Trinajstić information content (AvgIpc) is 3.21. The summed E-state index contributed by atoms with van der Waals surface area (Å²) in [6.45, 7) is 5.45. The summed E-state index contributed by atoms with van der Waals surface area (Å²) >= 11 is 0. The highest BCUT2D eigenvalue weighted by molar-refractivity contribution is 6.12. The van der Waals surface area contributed by atoms with E-state index in [2.05, 4.69) is 51.5 Å². The normalized spacial score (nSPS) is 11.6. The Bertz CT molecular complexity index is 1130. The molecule has 0 bridgehead atoms.